The quantitative estimate of drug-likeness (QED) is 0.613. The molecule has 0 aliphatic carbocycles. The van der Waals surface area contributed by atoms with Crippen LogP contribution in [0.25, 0.3) is 0 Å². The molecule has 9 heteroatoms. The van der Waals surface area contributed by atoms with Gasteiger partial charge >= 0.3 is 11.9 Å². The van der Waals surface area contributed by atoms with Gasteiger partial charge in [-0.2, -0.15) is 0 Å². The molecule has 0 radical (unpaired) electrons. The van der Waals surface area contributed by atoms with E-state index in [4.69, 9.17) is 26.8 Å². The number of benzene rings is 1. The van der Waals surface area contributed by atoms with Crippen LogP contribution >= 0.6 is 11.6 Å². The van der Waals surface area contributed by atoms with Gasteiger partial charge in [0, 0.05) is 0 Å². The van der Waals surface area contributed by atoms with Crippen molar-refractivity contribution in [3.8, 4) is 0 Å². The normalized spacial score (nSPS) is 12.6. The lowest BCUT2D eigenvalue weighted by atomic mass is 9.95. The fourth-order valence-corrected chi connectivity index (χ4v) is 2.44. The third kappa shape index (κ3) is 6.03. The lowest BCUT2D eigenvalue weighted by Crippen LogP contribution is -2.52. The van der Waals surface area contributed by atoms with Crippen LogP contribution in [0.4, 0.5) is 0 Å². The maximum atomic E-state index is 12.4. The second kappa shape index (κ2) is 10.4. The number of amides is 2. The second-order valence-electron chi connectivity index (χ2n) is 5.20. The first-order chi connectivity index (χ1) is 12.3. The van der Waals surface area contributed by atoms with Crippen molar-refractivity contribution < 1.29 is 28.7 Å². The van der Waals surface area contributed by atoms with Crippen molar-refractivity contribution in [2.45, 2.75) is 26.3 Å². The van der Waals surface area contributed by atoms with Crippen LogP contribution in [0.15, 0.2) is 24.3 Å². The summed E-state index contributed by atoms with van der Waals surface area (Å²) in [4.78, 5) is 48.2. The van der Waals surface area contributed by atoms with Gasteiger partial charge in [-0.15, -0.1) is 0 Å². The van der Waals surface area contributed by atoms with Gasteiger partial charge in [0.05, 0.1) is 36.1 Å². The van der Waals surface area contributed by atoms with Gasteiger partial charge in [0.25, 0.3) is 5.91 Å². The first-order valence-electron chi connectivity index (χ1n) is 7.98. The van der Waals surface area contributed by atoms with Crippen molar-refractivity contribution in [1.82, 2.24) is 5.32 Å². The van der Waals surface area contributed by atoms with E-state index in [-0.39, 0.29) is 23.8 Å². The SMILES string of the molecule is CCOC(=O)C[C@@H](C(=O)OCC)[C@@H](NC(=O)c1ccccc1Cl)C(N)=O. The van der Waals surface area contributed by atoms with Crippen molar-refractivity contribution in [3.63, 3.8) is 0 Å². The fourth-order valence-electron chi connectivity index (χ4n) is 2.22. The zero-order chi connectivity index (χ0) is 19.7. The third-order valence-corrected chi connectivity index (χ3v) is 3.72. The standard InChI is InChI=1S/C17H21ClN2O6/c1-3-25-13(21)9-11(17(24)26-4-2)14(15(19)22)20-16(23)10-7-5-6-8-12(10)18/h5-8,11,14H,3-4,9H2,1-2H3,(H2,19,22)(H,20,23)/t11-,14-/m1/s1. The van der Waals surface area contributed by atoms with Crippen LogP contribution in [0, 0.1) is 5.92 Å². The Bertz CT molecular complexity index is 679. The Balaban J connectivity index is 3.08. The number of halogens is 1. The highest BCUT2D eigenvalue weighted by Gasteiger charge is 2.37. The first-order valence-corrected chi connectivity index (χ1v) is 8.36. The molecule has 2 atom stereocenters. The molecule has 0 heterocycles. The Labute approximate surface area is 156 Å². The molecule has 0 unspecified atom stereocenters. The largest absolute Gasteiger partial charge is 0.466 e. The van der Waals surface area contributed by atoms with Gasteiger partial charge in [-0.25, -0.2) is 0 Å². The fraction of sp³-hybridized carbons (Fsp3) is 0.412. The van der Waals surface area contributed by atoms with Crippen LogP contribution in [-0.4, -0.2) is 43.0 Å². The molecule has 0 aliphatic heterocycles. The van der Waals surface area contributed by atoms with Crippen molar-refractivity contribution in [2.24, 2.45) is 11.7 Å². The summed E-state index contributed by atoms with van der Waals surface area (Å²) in [5.74, 6) is -4.59. The van der Waals surface area contributed by atoms with Gasteiger partial charge in [0.1, 0.15) is 6.04 Å². The number of esters is 2. The Morgan fingerprint density at radius 2 is 1.73 bits per heavy atom. The Morgan fingerprint density at radius 3 is 2.27 bits per heavy atom. The smallest absolute Gasteiger partial charge is 0.312 e. The van der Waals surface area contributed by atoms with E-state index in [1.807, 2.05) is 0 Å². The number of hydrogen-bond donors (Lipinski definition) is 2. The minimum absolute atomic E-state index is 0.0299. The van der Waals surface area contributed by atoms with Crippen LogP contribution in [0.3, 0.4) is 0 Å². The van der Waals surface area contributed by atoms with E-state index in [2.05, 4.69) is 5.32 Å². The second-order valence-corrected chi connectivity index (χ2v) is 5.61. The highest BCUT2D eigenvalue weighted by molar-refractivity contribution is 6.33. The number of nitrogens with one attached hydrogen (secondary N) is 1. The van der Waals surface area contributed by atoms with E-state index in [1.165, 1.54) is 12.1 Å². The minimum Gasteiger partial charge on any atom is -0.466 e. The molecular weight excluding hydrogens is 364 g/mol. The van der Waals surface area contributed by atoms with E-state index in [1.54, 1.807) is 26.0 Å². The van der Waals surface area contributed by atoms with Crippen molar-refractivity contribution >= 4 is 35.4 Å². The summed E-state index contributed by atoms with van der Waals surface area (Å²) in [6.07, 6.45) is -0.469. The highest BCUT2D eigenvalue weighted by atomic mass is 35.5. The van der Waals surface area contributed by atoms with Crippen LogP contribution in [0.1, 0.15) is 30.6 Å². The minimum atomic E-state index is -1.47. The molecule has 0 saturated heterocycles. The number of hydrogen-bond acceptors (Lipinski definition) is 6. The van der Waals surface area contributed by atoms with E-state index in [9.17, 15) is 19.2 Å². The number of carbonyl (C=O) groups is 4. The molecule has 0 saturated carbocycles. The van der Waals surface area contributed by atoms with Gasteiger partial charge < -0.3 is 20.5 Å². The summed E-state index contributed by atoms with van der Waals surface area (Å²) in [6, 6.07) is 4.69. The monoisotopic (exact) mass is 384 g/mol. The Morgan fingerprint density at radius 1 is 1.12 bits per heavy atom. The predicted octanol–water partition coefficient (Wildman–Crippen LogP) is 1.06. The number of ether oxygens (including phenoxy) is 2. The zero-order valence-corrected chi connectivity index (χ0v) is 15.2. The van der Waals surface area contributed by atoms with Crippen molar-refractivity contribution in [2.75, 3.05) is 13.2 Å². The molecule has 0 bridgehead atoms. The average Bonchev–Trinajstić information content (AvgIpc) is 2.58. The lowest BCUT2D eigenvalue weighted by Gasteiger charge is -2.23. The molecule has 1 aromatic carbocycles. The highest BCUT2D eigenvalue weighted by Crippen LogP contribution is 2.18. The molecule has 0 aromatic heterocycles. The topological polar surface area (TPSA) is 125 Å². The van der Waals surface area contributed by atoms with Gasteiger partial charge in [-0.3, -0.25) is 19.2 Å². The summed E-state index contributed by atoms with van der Waals surface area (Å²) in [5.41, 5.74) is 5.44. The maximum absolute atomic E-state index is 12.4. The Kier molecular flexibility index (Phi) is 8.57. The first kappa shape index (κ1) is 21.4. The molecule has 3 N–H and O–H groups in total. The van der Waals surface area contributed by atoms with Crippen molar-refractivity contribution in [1.29, 1.82) is 0 Å². The summed E-state index contributed by atoms with van der Waals surface area (Å²) in [6.45, 7) is 3.30. The summed E-state index contributed by atoms with van der Waals surface area (Å²) in [5, 5.41) is 2.51. The molecule has 142 valence electrons. The third-order valence-electron chi connectivity index (χ3n) is 3.40. The number of primary amides is 1. The number of nitrogens with two attached hydrogens (primary N) is 1. The number of carbonyl (C=O) groups excluding carboxylic acids is 4. The Hall–Kier alpha value is -2.61. The molecular formula is C17H21ClN2O6. The zero-order valence-electron chi connectivity index (χ0n) is 14.5. The molecule has 1 rings (SSSR count). The summed E-state index contributed by atoms with van der Waals surface area (Å²) >= 11 is 5.96. The van der Waals surface area contributed by atoms with Gasteiger partial charge in [-0.1, -0.05) is 23.7 Å². The van der Waals surface area contributed by atoms with E-state index in [0.717, 1.165) is 0 Å². The van der Waals surface area contributed by atoms with Gasteiger partial charge in [0.15, 0.2) is 0 Å². The number of rotatable bonds is 9. The van der Waals surface area contributed by atoms with E-state index in [0.29, 0.717) is 0 Å². The van der Waals surface area contributed by atoms with Gasteiger partial charge in [-0.05, 0) is 26.0 Å². The molecule has 0 fully saturated rings. The van der Waals surface area contributed by atoms with Crippen LogP contribution in [0.2, 0.25) is 5.02 Å². The maximum Gasteiger partial charge on any atom is 0.312 e. The summed E-state index contributed by atoms with van der Waals surface area (Å²) < 4.78 is 9.70. The van der Waals surface area contributed by atoms with E-state index < -0.39 is 42.1 Å². The van der Waals surface area contributed by atoms with Gasteiger partial charge in [0.2, 0.25) is 5.91 Å². The predicted molar refractivity (Wildman–Crippen MR) is 93.3 cm³/mol. The molecule has 1 aromatic rings. The van der Waals surface area contributed by atoms with Crippen LogP contribution < -0.4 is 11.1 Å². The molecule has 0 aliphatic rings. The van der Waals surface area contributed by atoms with E-state index >= 15 is 0 Å². The molecule has 26 heavy (non-hydrogen) atoms. The van der Waals surface area contributed by atoms with Crippen LogP contribution in [-0.2, 0) is 23.9 Å². The molecule has 0 spiro atoms. The van der Waals surface area contributed by atoms with Crippen molar-refractivity contribution in [3.05, 3.63) is 34.9 Å². The average molecular weight is 385 g/mol. The molecule has 8 nitrogen and oxygen atoms in total. The summed E-state index contributed by atoms with van der Waals surface area (Å²) in [7, 11) is 0. The van der Waals surface area contributed by atoms with Crippen LogP contribution in [0.5, 0.6) is 0 Å². The molecule has 2 amide bonds. The lowest BCUT2D eigenvalue weighted by molar-refractivity contribution is -0.156.